The molecule has 2 N–H and O–H groups in total. The fourth-order valence-electron chi connectivity index (χ4n) is 2.35. The quantitative estimate of drug-likeness (QED) is 0.491. The molecule has 7 heteroatoms. The van der Waals surface area contributed by atoms with E-state index in [4.69, 9.17) is 4.74 Å². The van der Waals surface area contributed by atoms with Gasteiger partial charge in [0.25, 0.3) is 0 Å². The molecule has 0 saturated carbocycles. The summed E-state index contributed by atoms with van der Waals surface area (Å²) in [6.07, 6.45) is -0.324. The Morgan fingerprint density at radius 1 is 1.21 bits per heavy atom. The van der Waals surface area contributed by atoms with Crippen LogP contribution in [0.1, 0.15) is 24.0 Å². The number of hydrogen-bond donors (Lipinski definition) is 2. The van der Waals surface area contributed by atoms with Crippen LogP contribution in [0.3, 0.4) is 0 Å². The summed E-state index contributed by atoms with van der Waals surface area (Å²) in [5.74, 6) is 0.627. The zero-order valence-corrected chi connectivity index (χ0v) is 13.6. The molecule has 0 spiro atoms. The highest BCUT2D eigenvalue weighted by Crippen LogP contribution is 2.29. The molecule has 2 rings (SSSR count). The molecule has 0 saturated heterocycles. The topological polar surface area (TPSA) is 45.7 Å². The van der Waals surface area contributed by atoms with Crippen LogP contribution < -0.4 is 10.6 Å². The van der Waals surface area contributed by atoms with Crippen molar-refractivity contribution in [3.63, 3.8) is 0 Å². The van der Waals surface area contributed by atoms with Crippen molar-refractivity contribution in [1.82, 2.24) is 10.6 Å². The third-order valence-corrected chi connectivity index (χ3v) is 3.76. The Bertz CT molecular complexity index is 580. The van der Waals surface area contributed by atoms with Gasteiger partial charge in [0.05, 0.1) is 18.8 Å². The summed E-state index contributed by atoms with van der Waals surface area (Å²) in [6.45, 7) is 2.61. The number of nitrogens with zero attached hydrogens (tertiary/aromatic N) is 1. The van der Waals surface area contributed by atoms with E-state index >= 15 is 0 Å². The van der Waals surface area contributed by atoms with E-state index in [1.807, 2.05) is 0 Å². The molecule has 0 atom stereocenters. The second kappa shape index (κ2) is 8.73. The molecule has 132 valence electrons. The van der Waals surface area contributed by atoms with E-state index in [0.717, 1.165) is 43.7 Å². The maximum Gasteiger partial charge on any atom is 0.416 e. The van der Waals surface area contributed by atoms with E-state index in [1.54, 1.807) is 7.05 Å². The first-order valence-corrected chi connectivity index (χ1v) is 7.85. The molecule has 0 amide bonds. The van der Waals surface area contributed by atoms with Gasteiger partial charge >= 0.3 is 6.18 Å². The molecule has 1 aliphatic heterocycles. The number of benzene rings is 1. The SMILES string of the molecule is CN=C(NCCC1=CCOCC1)NCc1ccc(C(F)(F)F)cc1. The van der Waals surface area contributed by atoms with Gasteiger partial charge in [-0.25, -0.2) is 0 Å². The number of aliphatic imine (C=N–C) groups is 1. The average Bonchev–Trinajstić information content (AvgIpc) is 2.58. The maximum atomic E-state index is 12.5. The van der Waals surface area contributed by atoms with E-state index in [1.165, 1.54) is 17.7 Å². The highest BCUT2D eigenvalue weighted by Gasteiger charge is 2.29. The van der Waals surface area contributed by atoms with Crippen LogP contribution >= 0.6 is 0 Å². The molecule has 0 aliphatic carbocycles. The van der Waals surface area contributed by atoms with E-state index in [-0.39, 0.29) is 0 Å². The first kappa shape index (κ1) is 18.3. The smallest absolute Gasteiger partial charge is 0.377 e. The molecule has 0 unspecified atom stereocenters. The molecule has 0 radical (unpaired) electrons. The van der Waals surface area contributed by atoms with Gasteiger partial charge in [-0.05, 0) is 30.5 Å². The van der Waals surface area contributed by atoms with Crippen LogP contribution in [0, 0.1) is 0 Å². The van der Waals surface area contributed by atoms with E-state index in [9.17, 15) is 13.2 Å². The molecular formula is C17H22F3N3O. The zero-order chi connectivity index (χ0) is 17.4. The Hall–Kier alpha value is -2.02. The first-order chi connectivity index (χ1) is 11.5. The molecule has 0 aromatic heterocycles. The molecule has 1 aliphatic rings. The Kier molecular flexibility index (Phi) is 6.66. The number of nitrogens with one attached hydrogen (secondary N) is 2. The molecule has 1 aromatic rings. The average molecular weight is 341 g/mol. The molecule has 0 fully saturated rings. The summed E-state index contributed by atoms with van der Waals surface area (Å²) in [7, 11) is 1.66. The summed E-state index contributed by atoms with van der Waals surface area (Å²) >= 11 is 0. The third-order valence-electron chi connectivity index (χ3n) is 3.76. The highest BCUT2D eigenvalue weighted by atomic mass is 19.4. The first-order valence-electron chi connectivity index (χ1n) is 7.85. The highest BCUT2D eigenvalue weighted by molar-refractivity contribution is 5.79. The molecule has 1 heterocycles. The van der Waals surface area contributed by atoms with Gasteiger partial charge in [0.1, 0.15) is 0 Å². The van der Waals surface area contributed by atoms with Crippen LogP contribution in [0.15, 0.2) is 40.9 Å². The molecule has 24 heavy (non-hydrogen) atoms. The lowest BCUT2D eigenvalue weighted by atomic mass is 10.1. The van der Waals surface area contributed by atoms with Crippen molar-refractivity contribution in [2.75, 3.05) is 26.8 Å². The fraction of sp³-hybridized carbons (Fsp3) is 0.471. The minimum atomic E-state index is -4.30. The van der Waals surface area contributed by atoms with E-state index in [0.29, 0.717) is 19.1 Å². The van der Waals surface area contributed by atoms with Crippen LogP contribution in [-0.2, 0) is 17.5 Å². The third kappa shape index (κ3) is 5.88. The summed E-state index contributed by atoms with van der Waals surface area (Å²) < 4.78 is 42.8. The van der Waals surface area contributed by atoms with Crippen molar-refractivity contribution in [3.05, 3.63) is 47.0 Å². The number of guanidine groups is 1. The predicted molar refractivity (Wildman–Crippen MR) is 87.8 cm³/mol. The van der Waals surface area contributed by atoms with Crippen molar-refractivity contribution < 1.29 is 17.9 Å². The van der Waals surface area contributed by atoms with Gasteiger partial charge in [0, 0.05) is 20.1 Å². The summed E-state index contributed by atoms with van der Waals surface area (Å²) in [5, 5.41) is 6.29. The number of halogens is 3. The van der Waals surface area contributed by atoms with Crippen LogP contribution in [0.4, 0.5) is 13.2 Å². The minimum absolute atomic E-state index is 0.411. The Balaban J connectivity index is 1.75. The fourth-order valence-corrected chi connectivity index (χ4v) is 2.35. The van der Waals surface area contributed by atoms with Crippen molar-refractivity contribution in [2.45, 2.75) is 25.6 Å². The second-order valence-electron chi connectivity index (χ2n) is 5.48. The summed E-state index contributed by atoms with van der Waals surface area (Å²) in [6, 6.07) is 5.11. The van der Waals surface area contributed by atoms with Gasteiger partial charge in [-0.15, -0.1) is 0 Å². The Labute approximate surface area is 139 Å². The monoisotopic (exact) mass is 341 g/mol. The van der Waals surface area contributed by atoms with Crippen molar-refractivity contribution >= 4 is 5.96 Å². The molecule has 4 nitrogen and oxygen atoms in total. The standard InChI is InChI=1S/C17H22F3N3O/c1-21-16(22-9-6-13-7-10-24-11-8-13)23-12-14-2-4-15(5-3-14)17(18,19)20/h2-5,7H,6,8-12H2,1H3,(H2,21,22,23). The second-order valence-corrected chi connectivity index (χ2v) is 5.48. The lowest BCUT2D eigenvalue weighted by Gasteiger charge is -2.15. The maximum absolute atomic E-state index is 12.5. The molecule has 0 bridgehead atoms. The van der Waals surface area contributed by atoms with Crippen LogP contribution in [0.2, 0.25) is 0 Å². The van der Waals surface area contributed by atoms with Gasteiger partial charge in [-0.3, -0.25) is 4.99 Å². The summed E-state index contributed by atoms with van der Waals surface area (Å²) in [5.41, 5.74) is 1.49. The Morgan fingerprint density at radius 3 is 2.54 bits per heavy atom. The van der Waals surface area contributed by atoms with Gasteiger partial charge in [0.15, 0.2) is 5.96 Å². The lowest BCUT2D eigenvalue weighted by molar-refractivity contribution is -0.137. The zero-order valence-electron chi connectivity index (χ0n) is 13.6. The largest absolute Gasteiger partial charge is 0.416 e. The minimum Gasteiger partial charge on any atom is -0.377 e. The number of ether oxygens (including phenoxy) is 1. The normalized spacial score (nSPS) is 15.8. The van der Waals surface area contributed by atoms with Crippen LogP contribution in [0.5, 0.6) is 0 Å². The van der Waals surface area contributed by atoms with Crippen LogP contribution in [0.25, 0.3) is 0 Å². The predicted octanol–water partition coefficient (Wildman–Crippen LogP) is 3.11. The van der Waals surface area contributed by atoms with Crippen molar-refractivity contribution in [2.24, 2.45) is 4.99 Å². The van der Waals surface area contributed by atoms with Gasteiger partial charge in [0.2, 0.25) is 0 Å². The van der Waals surface area contributed by atoms with Crippen molar-refractivity contribution in [1.29, 1.82) is 0 Å². The number of rotatable bonds is 5. The van der Waals surface area contributed by atoms with Gasteiger partial charge in [-0.1, -0.05) is 23.8 Å². The van der Waals surface area contributed by atoms with Crippen molar-refractivity contribution in [3.8, 4) is 0 Å². The van der Waals surface area contributed by atoms with E-state index < -0.39 is 11.7 Å². The number of hydrogen-bond acceptors (Lipinski definition) is 2. The molecule has 1 aromatic carbocycles. The van der Waals surface area contributed by atoms with Gasteiger partial charge in [-0.2, -0.15) is 13.2 Å². The van der Waals surface area contributed by atoms with Gasteiger partial charge < -0.3 is 15.4 Å². The van der Waals surface area contributed by atoms with E-state index in [2.05, 4.69) is 21.7 Å². The Morgan fingerprint density at radius 2 is 1.96 bits per heavy atom. The lowest BCUT2D eigenvalue weighted by Crippen LogP contribution is -2.37. The summed E-state index contributed by atoms with van der Waals surface area (Å²) in [4.78, 5) is 4.11. The van der Waals surface area contributed by atoms with Crippen LogP contribution in [-0.4, -0.2) is 32.8 Å². The number of alkyl halides is 3. The molecular weight excluding hydrogens is 319 g/mol.